The Bertz CT molecular complexity index is 687. The number of aliphatic carboxylic acids is 1. The van der Waals surface area contributed by atoms with E-state index in [2.05, 4.69) is 31.0 Å². The highest BCUT2D eigenvalue weighted by molar-refractivity contribution is 5.90. The third-order valence-electron chi connectivity index (χ3n) is 3.06. The summed E-state index contributed by atoms with van der Waals surface area (Å²) >= 11 is 0. The second-order valence-corrected chi connectivity index (χ2v) is 5.12. The Hall–Kier alpha value is -3.10. The summed E-state index contributed by atoms with van der Waals surface area (Å²) in [6, 6.07) is 7.26. The van der Waals surface area contributed by atoms with Crippen molar-refractivity contribution in [3.63, 3.8) is 0 Å². The smallest absolute Gasteiger partial charge is 0.303 e. The van der Waals surface area contributed by atoms with Crippen LogP contribution in [0.1, 0.15) is 30.7 Å². The van der Waals surface area contributed by atoms with E-state index >= 15 is 0 Å². The molecule has 2 aromatic rings. The number of aromatic nitrogens is 4. The van der Waals surface area contributed by atoms with Gasteiger partial charge in [0.05, 0.1) is 0 Å². The van der Waals surface area contributed by atoms with Gasteiger partial charge >= 0.3 is 5.97 Å². The molecule has 0 aliphatic heterocycles. The number of nitrogens with zero attached hydrogens (tertiary/aromatic N) is 4. The number of rotatable bonds is 8. The van der Waals surface area contributed by atoms with Crippen LogP contribution in [-0.4, -0.2) is 37.4 Å². The van der Waals surface area contributed by atoms with Crippen LogP contribution in [0, 0.1) is 6.92 Å². The van der Waals surface area contributed by atoms with Crippen molar-refractivity contribution in [2.75, 3.05) is 10.6 Å². The van der Waals surface area contributed by atoms with Crippen LogP contribution in [-0.2, 0) is 16.1 Å². The Balaban J connectivity index is 1.78. The summed E-state index contributed by atoms with van der Waals surface area (Å²) in [5.74, 6) is -0.254. The maximum atomic E-state index is 11.7. The van der Waals surface area contributed by atoms with Gasteiger partial charge in [0.25, 0.3) is 5.95 Å². The van der Waals surface area contributed by atoms with Gasteiger partial charge in [-0.15, -0.1) is 20.4 Å². The lowest BCUT2D eigenvalue weighted by molar-refractivity contribution is -0.137. The molecule has 0 radical (unpaired) electrons. The summed E-state index contributed by atoms with van der Waals surface area (Å²) < 4.78 is 0. The van der Waals surface area contributed by atoms with Gasteiger partial charge in [0.15, 0.2) is 5.82 Å². The predicted octanol–water partition coefficient (Wildman–Crippen LogP) is 1.38. The van der Waals surface area contributed by atoms with Gasteiger partial charge in [-0.1, -0.05) is 12.1 Å². The van der Waals surface area contributed by atoms with Crippen LogP contribution in [0.2, 0.25) is 0 Å². The first-order chi connectivity index (χ1) is 11.5. The summed E-state index contributed by atoms with van der Waals surface area (Å²) in [6.07, 6.45) is 0.491. The van der Waals surface area contributed by atoms with E-state index in [1.807, 2.05) is 12.1 Å². The second-order valence-electron chi connectivity index (χ2n) is 5.12. The lowest BCUT2D eigenvalue weighted by atomic mass is 10.2. The predicted molar refractivity (Wildman–Crippen MR) is 86.2 cm³/mol. The van der Waals surface area contributed by atoms with Crippen molar-refractivity contribution in [3.8, 4) is 0 Å². The highest BCUT2D eigenvalue weighted by Gasteiger charge is 2.05. The van der Waals surface area contributed by atoms with E-state index in [9.17, 15) is 9.59 Å². The first kappa shape index (κ1) is 17.3. The van der Waals surface area contributed by atoms with Crippen molar-refractivity contribution in [2.45, 2.75) is 32.7 Å². The minimum Gasteiger partial charge on any atom is -0.481 e. The molecule has 1 heterocycles. The van der Waals surface area contributed by atoms with Crippen molar-refractivity contribution in [3.05, 3.63) is 35.7 Å². The number of nitrogens with one attached hydrogen (secondary N) is 2. The third kappa shape index (κ3) is 5.95. The van der Waals surface area contributed by atoms with Gasteiger partial charge in [-0.05, 0) is 31.0 Å². The molecule has 9 nitrogen and oxygen atoms in total. The monoisotopic (exact) mass is 330 g/mol. The first-order valence-electron chi connectivity index (χ1n) is 7.41. The van der Waals surface area contributed by atoms with Crippen LogP contribution in [0.4, 0.5) is 11.6 Å². The Morgan fingerprint density at radius 1 is 1.04 bits per heavy atom. The van der Waals surface area contributed by atoms with Gasteiger partial charge < -0.3 is 15.7 Å². The van der Waals surface area contributed by atoms with Crippen LogP contribution in [0.25, 0.3) is 0 Å². The number of carboxylic acid groups (broad SMARTS) is 1. The number of carbonyl (C=O) groups is 2. The largest absolute Gasteiger partial charge is 0.481 e. The lowest BCUT2D eigenvalue weighted by Gasteiger charge is -2.07. The van der Waals surface area contributed by atoms with Gasteiger partial charge in [-0.25, -0.2) is 0 Å². The first-order valence-corrected chi connectivity index (χ1v) is 7.41. The number of carboxylic acids is 1. The van der Waals surface area contributed by atoms with Crippen molar-refractivity contribution in [1.82, 2.24) is 20.4 Å². The van der Waals surface area contributed by atoms with Crippen LogP contribution in [0.5, 0.6) is 0 Å². The Kier molecular flexibility index (Phi) is 6.12. The Labute approximate surface area is 138 Å². The van der Waals surface area contributed by atoms with Crippen molar-refractivity contribution < 1.29 is 14.7 Å². The maximum Gasteiger partial charge on any atom is 0.303 e. The number of hydrogen-bond donors (Lipinski definition) is 3. The molecule has 1 amide bonds. The molecule has 0 spiro atoms. The lowest BCUT2D eigenvalue weighted by Crippen LogP contribution is -2.12. The topological polar surface area (TPSA) is 130 Å². The van der Waals surface area contributed by atoms with Gasteiger partial charge in [-0.2, -0.15) is 0 Å². The average Bonchev–Trinajstić information content (AvgIpc) is 2.55. The Morgan fingerprint density at radius 3 is 2.33 bits per heavy atom. The molecule has 0 saturated carbocycles. The van der Waals surface area contributed by atoms with E-state index in [0.29, 0.717) is 30.4 Å². The van der Waals surface area contributed by atoms with Gasteiger partial charge in [0.2, 0.25) is 5.91 Å². The highest BCUT2D eigenvalue weighted by Crippen LogP contribution is 2.11. The number of carbonyl (C=O) groups excluding carboxylic acids is 1. The van der Waals surface area contributed by atoms with E-state index in [4.69, 9.17) is 5.11 Å². The molecule has 0 bridgehead atoms. The molecule has 0 atom stereocenters. The molecule has 126 valence electrons. The number of anilines is 2. The summed E-state index contributed by atoms with van der Waals surface area (Å²) in [5.41, 5.74) is 1.64. The second kappa shape index (κ2) is 8.51. The average molecular weight is 330 g/mol. The zero-order valence-corrected chi connectivity index (χ0v) is 13.2. The van der Waals surface area contributed by atoms with Crippen molar-refractivity contribution >= 4 is 23.5 Å². The van der Waals surface area contributed by atoms with E-state index < -0.39 is 5.97 Å². The number of aryl methyl sites for hydroxylation is 1. The standard InChI is InChI=1S/C15H18N6O3/c1-10-18-20-15(21-19-10)16-9-11-5-7-12(8-6-11)17-13(22)3-2-4-14(23)24/h5-8H,2-4,9H2,1H3,(H,17,22)(H,23,24)(H,16,20,21). The summed E-state index contributed by atoms with van der Waals surface area (Å²) in [7, 11) is 0. The molecule has 0 aliphatic rings. The molecule has 0 aliphatic carbocycles. The quantitative estimate of drug-likeness (QED) is 0.662. The molecule has 9 heteroatoms. The minimum absolute atomic E-state index is 0.0111. The van der Waals surface area contributed by atoms with Crippen LogP contribution in [0.15, 0.2) is 24.3 Å². The fourth-order valence-corrected chi connectivity index (χ4v) is 1.86. The van der Waals surface area contributed by atoms with E-state index in [0.717, 1.165) is 5.56 Å². The molecule has 1 aromatic heterocycles. The summed E-state index contributed by atoms with van der Waals surface area (Å²) in [6.45, 7) is 2.21. The van der Waals surface area contributed by atoms with E-state index in [-0.39, 0.29) is 18.7 Å². The van der Waals surface area contributed by atoms with Gasteiger partial charge in [-0.3, -0.25) is 9.59 Å². The van der Waals surface area contributed by atoms with E-state index in [1.165, 1.54) is 0 Å². The molecule has 3 N–H and O–H groups in total. The Morgan fingerprint density at radius 2 is 1.71 bits per heavy atom. The highest BCUT2D eigenvalue weighted by atomic mass is 16.4. The molecular formula is C15H18N6O3. The molecular weight excluding hydrogens is 312 g/mol. The zero-order chi connectivity index (χ0) is 17.4. The van der Waals surface area contributed by atoms with Gasteiger partial charge in [0.1, 0.15) is 0 Å². The number of amides is 1. The SMILES string of the molecule is Cc1nnc(NCc2ccc(NC(=O)CCCC(=O)O)cc2)nn1. The van der Waals surface area contributed by atoms with Crippen molar-refractivity contribution in [2.24, 2.45) is 0 Å². The molecule has 0 fully saturated rings. The molecule has 0 unspecified atom stereocenters. The maximum absolute atomic E-state index is 11.7. The molecule has 0 saturated heterocycles. The van der Waals surface area contributed by atoms with E-state index in [1.54, 1.807) is 19.1 Å². The van der Waals surface area contributed by atoms with Crippen molar-refractivity contribution in [1.29, 1.82) is 0 Å². The number of benzene rings is 1. The van der Waals surface area contributed by atoms with Crippen LogP contribution in [0.3, 0.4) is 0 Å². The summed E-state index contributed by atoms with van der Waals surface area (Å²) in [5, 5.41) is 29.6. The molecule has 1 aromatic carbocycles. The molecule has 24 heavy (non-hydrogen) atoms. The normalized spacial score (nSPS) is 10.2. The fourth-order valence-electron chi connectivity index (χ4n) is 1.86. The number of hydrogen-bond acceptors (Lipinski definition) is 7. The van der Waals surface area contributed by atoms with Crippen LogP contribution >= 0.6 is 0 Å². The fraction of sp³-hybridized carbons (Fsp3) is 0.333. The van der Waals surface area contributed by atoms with Gasteiger partial charge in [0, 0.05) is 25.1 Å². The summed E-state index contributed by atoms with van der Waals surface area (Å²) in [4.78, 5) is 22.1. The molecule has 2 rings (SSSR count). The van der Waals surface area contributed by atoms with Crippen LogP contribution < -0.4 is 10.6 Å². The zero-order valence-electron chi connectivity index (χ0n) is 13.2. The third-order valence-corrected chi connectivity index (χ3v) is 3.06. The minimum atomic E-state index is -0.900.